The van der Waals surface area contributed by atoms with Crippen LogP contribution in [0.3, 0.4) is 0 Å². The Morgan fingerprint density at radius 1 is 1.19 bits per heavy atom. The Bertz CT molecular complexity index is 892. The molecule has 31 heavy (non-hydrogen) atoms. The monoisotopic (exact) mass is 471 g/mol. The van der Waals surface area contributed by atoms with E-state index in [1.54, 1.807) is 6.92 Å². The number of urea groups is 1. The summed E-state index contributed by atoms with van der Waals surface area (Å²) in [7, 11) is 0. The predicted molar refractivity (Wildman–Crippen MR) is 111 cm³/mol. The first-order valence-electron chi connectivity index (χ1n) is 9.40. The number of nitrogens with one attached hydrogen (secondary N) is 2. The Kier molecular flexibility index (Phi) is 6.79. The minimum Gasteiger partial charge on any atom is -0.477 e. The topological polar surface area (TPSA) is 156 Å². The smallest absolute Gasteiger partial charge is 0.352 e. The van der Waals surface area contributed by atoms with E-state index >= 15 is 0 Å². The van der Waals surface area contributed by atoms with E-state index < -0.39 is 53.6 Å². The highest BCUT2D eigenvalue weighted by atomic mass is 32.2. The van der Waals surface area contributed by atoms with Crippen LogP contribution in [0.1, 0.15) is 6.92 Å². The highest BCUT2D eigenvalue weighted by Crippen LogP contribution is 2.40. The van der Waals surface area contributed by atoms with Gasteiger partial charge in [-0.1, -0.05) is 0 Å². The van der Waals surface area contributed by atoms with Gasteiger partial charge in [0.2, 0.25) is 5.91 Å². The van der Waals surface area contributed by atoms with Gasteiger partial charge in [0.05, 0.1) is 6.54 Å². The van der Waals surface area contributed by atoms with Gasteiger partial charge in [0.15, 0.2) is 0 Å². The van der Waals surface area contributed by atoms with Crippen molar-refractivity contribution in [2.75, 3.05) is 37.7 Å². The molecule has 2 atom stereocenters. The van der Waals surface area contributed by atoms with Gasteiger partial charge < -0.3 is 20.6 Å². The summed E-state index contributed by atoms with van der Waals surface area (Å²) in [5.41, 5.74) is 0.404. The van der Waals surface area contributed by atoms with Crippen molar-refractivity contribution in [3.63, 3.8) is 0 Å². The molecule has 1 unspecified atom stereocenters. The lowest BCUT2D eigenvalue weighted by molar-refractivity contribution is -0.153. The van der Waals surface area contributed by atoms with Crippen molar-refractivity contribution in [1.82, 2.24) is 25.3 Å². The van der Waals surface area contributed by atoms with Crippen LogP contribution in [0.2, 0.25) is 0 Å². The van der Waals surface area contributed by atoms with Crippen LogP contribution in [0.4, 0.5) is 4.79 Å². The number of hydrogen-bond acceptors (Lipinski definition) is 8. The molecule has 0 spiro atoms. The highest BCUT2D eigenvalue weighted by molar-refractivity contribution is 8.00. The zero-order valence-electron chi connectivity index (χ0n) is 16.5. The second-order valence-corrected chi connectivity index (χ2v) is 8.29. The van der Waals surface area contributed by atoms with Crippen molar-refractivity contribution in [2.24, 2.45) is 0 Å². The molecule has 2 saturated heterocycles. The molecule has 0 aliphatic carbocycles. The van der Waals surface area contributed by atoms with E-state index in [1.165, 1.54) is 16.7 Å². The van der Waals surface area contributed by atoms with Gasteiger partial charge in [0.1, 0.15) is 17.1 Å². The largest absolute Gasteiger partial charge is 0.477 e. The van der Waals surface area contributed by atoms with Gasteiger partial charge >= 0.3 is 23.8 Å². The maximum absolute atomic E-state index is 12.4. The second kappa shape index (κ2) is 9.18. The van der Waals surface area contributed by atoms with Crippen LogP contribution in [-0.4, -0.2) is 105 Å². The number of fused-ring (bicyclic) bond motifs is 1. The first-order chi connectivity index (χ1) is 14.7. The molecule has 3 N–H and O–H groups in total. The van der Waals surface area contributed by atoms with E-state index in [0.29, 0.717) is 17.9 Å². The number of nitrogens with zero attached hydrogens (tertiary/aromatic N) is 3. The van der Waals surface area contributed by atoms with Gasteiger partial charge in [-0.3, -0.25) is 29.0 Å². The fraction of sp³-hybridized carbons (Fsp3) is 0.529. The summed E-state index contributed by atoms with van der Waals surface area (Å²) in [6, 6.07) is -1.81. The van der Waals surface area contributed by atoms with Crippen molar-refractivity contribution < 1.29 is 33.9 Å². The van der Waals surface area contributed by atoms with Gasteiger partial charge in [0, 0.05) is 31.1 Å². The maximum atomic E-state index is 12.4. The normalized spacial score (nSPS) is 23.4. The number of rotatable bonds is 6. The van der Waals surface area contributed by atoms with Crippen molar-refractivity contribution in [1.29, 1.82) is 0 Å². The average Bonchev–Trinajstić information content (AvgIpc) is 2.76. The SMILES string of the molecule is CCN1CCN(C(=O)NCC(=O)N[C@@H]2C(=O)N3C(C(=O)O)=C(CS)CSC23)C(=O)C1=O. The standard InChI is InChI=1S/C17H21N5O7S2/c1-2-20-3-4-21(14(26)13(20)25)17(29)18-5-9(23)19-10-12(24)22-11(16(27)28)8(6-30)7-31-15(10)22/h10,15,30H,2-7H2,1H3,(H,18,29)(H,19,23)(H,27,28)/t10-,15?/m1/s1. The summed E-state index contributed by atoms with van der Waals surface area (Å²) >= 11 is 5.41. The summed E-state index contributed by atoms with van der Waals surface area (Å²) in [4.78, 5) is 75.4. The number of imide groups is 1. The predicted octanol–water partition coefficient (Wildman–Crippen LogP) is -1.94. The van der Waals surface area contributed by atoms with E-state index in [-0.39, 0.29) is 24.5 Å². The van der Waals surface area contributed by atoms with E-state index in [1.807, 2.05) is 0 Å². The number of β-lactam (4-membered cyclic amide) rings is 1. The van der Waals surface area contributed by atoms with Crippen molar-refractivity contribution in [2.45, 2.75) is 18.3 Å². The summed E-state index contributed by atoms with van der Waals surface area (Å²) < 4.78 is 0. The Morgan fingerprint density at radius 2 is 1.90 bits per heavy atom. The van der Waals surface area contributed by atoms with Gasteiger partial charge in [-0.2, -0.15) is 12.6 Å². The van der Waals surface area contributed by atoms with Gasteiger partial charge in [-0.05, 0) is 12.5 Å². The van der Waals surface area contributed by atoms with Crippen LogP contribution < -0.4 is 10.6 Å². The van der Waals surface area contributed by atoms with E-state index in [4.69, 9.17) is 0 Å². The summed E-state index contributed by atoms with van der Waals surface area (Å²) in [5, 5.41) is 13.6. The van der Waals surface area contributed by atoms with Gasteiger partial charge in [-0.15, -0.1) is 11.8 Å². The number of likely N-dealkylation sites (N-methyl/N-ethyl adjacent to an activating group) is 1. The molecule has 3 heterocycles. The second-order valence-electron chi connectivity index (χ2n) is 6.87. The van der Waals surface area contributed by atoms with Crippen LogP contribution >= 0.6 is 24.4 Å². The van der Waals surface area contributed by atoms with Crippen LogP contribution in [0, 0.1) is 0 Å². The van der Waals surface area contributed by atoms with E-state index in [2.05, 4.69) is 23.3 Å². The number of carbonyl (C=O) groups is 6. The number of carboxylic acid groups (broad SMARTS) is 1. The molecule has 2 fully saturated rings. The molecule has 0 radical (unpaired) electrons. The van der Waals surface area contributed by atoms with Crippen LogP contribution in [-0.2, 0) is 24.0 Å². The lowest BCUT2D eigenvalue weighted by atomic mass is 10.0. The fourth-order valence-corrected chi connectivity index (χ4v) is 5.21. The number of carbonyl (C=O) groups excluding carboxylic acids is 5. The molecule has 6 amide bonds. The van der Waals surface area contributed by atoms with E-state index in [0.717, 1.165) is 9.80 Å². The molecule has 3 aliphatic rings. The van der Waals surface area contributed by atoms with E-state index in [9.17, 15) is 33.9 Å². The molecule has 0 saturated carbocycles. The number of hydrogen-bond donors (Lipinski definition) is 4. The molecule has 14 heteroatoms. The Morgan fingerprint density at radius 3 is 2.52 bits per heavy atom. The molecular weight excluding hydrogens is 450 g/mol. The Balaban J connectivity index is 1.53. The fourth-order valence-electron chi connectivity index (χ4n) is 3.45. The van der Waals surface area contributed by atoms with Gasteiger partial charge in [0.25, 0.3) is 5.91 Å². The molecule has 0 aromatic rings. The average molecular weight is 472 g/mol. The third-order valence-electron chi connectivity index (χ3n) is 5.09. The third kappa shape index (κ3) is 4.21. The number of aliphatic carboxylic acids is 1. The molecule has 3 rings (SSSR count). The third-order valence-corrected chi connectivity index (χ3v) is 6.81. The van der Waals surface area contributed by atoms with Crippen LogP contribution in [0.5, 0.6) is 0 Å². The number of thioether (sulfide) groups is 1. The van der Waals surface area contributed by atoms with Crippen molar-refractivity contribution >= 4 is 60.0 Å². The molecule has 12 nitrogen and oxygen atoms in total. The lowest BCUT2D eigenvalue weighted by Crippen LogP contribution is -2.71. The number of amides is 6. The van der Waals surface area contributed by atoms with Gasteiger partial charge in [-0.25, -0.2) is 9.59 Å². The summed E-state index contributed by atoms with van der Waals surface area (Å²) in [5.74, 6) is -3.68. The highest BCUT2D eigenvalue weighted by Gasteiger charge is 2.54. The number of carboxylic acids is 1. The molecule has 0 aromatic heterocycles. The molecule has 0 bridgehead atoms. The minimum absolute atomic E-state index is 0.0123. The quantitative estimate of drug-likeness (QED) is 0.198. The van der Waals surface area contributed by atoms with Crippen LogP contribution in [0.15, 0.2) is 11.3 Å². The summed E-state index contributed by atoms with van der Waals surface area (Å²) in [6.07, 6.45) is 0. The number of thiol groups is 1. The maximum Gasteiger partial charge on any atom is 0.352 e. The van der Waals surface area contributed by atoms with Crippen molar-refractivity contribution in [3.05, 3.63) is 11.3 Å². The summed E-state index contributed by atoms with van der Waals surface area (Å²) in [6.45, 7) is 1.77. The number of piperazine rings is 1. The molecule has 3 aliphatic heterocycles. The molecule has 168 valence electrons. The molecular formula is C17H21N5O7S2. The minimum atomic E-state index is -1.23. The zero-order valence-corrected chi connectivity index (χ0v) is 18.2. The molecule has 0 aromatic carbocycles. The lowest BCUT2D eigenvalue weighted by Gasteiger charge is -2.49. The first kappa shape index (κ1) is 22.9. The Hall–Kier alpha value is -2.74. The first-order valence-corrected chi connectivity index (χ1v) is 11.1. The zero-order chi connectivity index (χ0) is 22.9. The van der Waals surface area contributed by atoms with Crippen LogP contribution in [0.25, 0.3) is 0 Å². The van der Waals surface area contributed by atoms with Crippen molar-refractivity contribution in [3.8, 4) is 0 Å². The Labute approximate surface area is 186 Å².